The quantitative estimate of drug-likeness (QED) is 0.819. The molecule has 0 saturated carbocycles. The molecule has 3 N–H and O–H groups in total. The van der Waals surface area contributed by atoms with E-state index in [1.807, 2.05) is 20.8 Å². The Morgan fingerprint density at radius 2 is 2.05 bits per heavy atom. The van der Waals surface area contributed by atoms with Crippen molar-refractivity contribution in [2.24, 2.45) is 5.92 Å². The van der Waals surface area contributed by atoms with Gasteiger partial charge in [0, 0.05) is 16.8 Å². The maximum Gasteiger partial charge on any atom is 0.233 e. The van der Waals surface area contributed by atoms with E-state index in [0.29, 0.717) is 21.5 Å². The molecule has 1 aromatic rings. The van der Waals surface area contributed by atoms with E-state index < -0.39 is 10.8 Å². The normalized spacial score (nSPS) is 14.2. The lowest BCUT2D eigenvalue weighted by molar-refractivity contribution is -0.119. The Labute approximate surface area is 121 Å². The van der Waals surface area contributed by atoms with Gasteiger partial charge in [-0.1, -0.05) is 25.4 Å². The van der Waals surface area contributed by atoms with Gasteiger partial charge in [-0.05, 0) is 31.0 Å². The van der Waals surface area contributed by atoms with Crippen LogP contribution >= 0.6 is 11.6 Å². The minimum Gasteiger partial charge on any atom is -0.398 e. The molecule has 1 aromatic carbocycles. The highest BCUT2D eigenvalue weighted by molar-refractivity contribution is 7.86. The highest BCUT2D eigenvalue weighted by Crippen LogP contribution is 2.21. The van der Waals surface area contributed by atoms with Crippen molar-refractivity contribution in [1.82, 2.24) is 5.32 Å². The molecule has 0 fully saturated rings. The molecule has 0 radical (unpaired) electrons. The maximum absolute atomic E-state index is 12.1. The molecule has 0 heterocycles. The van der Waals surface area contributed by atoms with E-state index >= 15 is 0 Å². The van der Waals surface area contributed by atoms with Crippen LogP contribution in [0.25, 0.3) is 0 Å². The first-order chi connectivity index (χ1) is 8.81. The summed E-state index contributed by atoms with van der Waals surface area (Å²) in [7, 11) is -1.46. The highest BCUT2D eigenvalue weighted by atomic mass is 35.5. The molecule has 0 aliphatic rings. The predicted octanol–water partition coefficient (Wildman–Crippen LogP) is 2.19. The fraction of sp³-hybridized carbons (Fsp3) is 0.462. The van der Waals surface area contributed by atoms with Gasteiger partial charge in [-0.15, -0.1) is 0 Å². The Kier molecular flexibility index (Phi) is 5.82. The minimum atomic E-state index is -1.46. The maximum atomic E-state index is 12.1. The van der Waals surface area contributed by atoms with Crippen molar-refractivity contribution < 1.29 is 9.00 Å². The Hall–Kier alpha value is -1.07. The number of rotatable bonds is 5. The molecule has 0 bridgehead atoms. The molecule has 0 aliphatic carbocycles. The number of amides is 1. The number of halogens is 1. The molecule has 2 atom stereocenters. The Bertz CT molecular complexity index is 492. The van der Waals surface area contributed by atoms with Gasteiger partial charge in [0.1, 0.15) is 5.75 Å². The third-order valence-corrected chi connectivity index (χ3v) is 4.49. The lowest BCUT2D eigenvalue weighted by Gasteiger charge is -2.17. The summed E-state index contributed by atoms with van der Waals surface area (Å²) in [5, 5.41) is 3.29. The minimum absolute atomic E-state index is 0.0482. The average Bonchev–Trinajstić information content (AvgIpc) is 2.27. The zero-order valence-electron chi connectivity index (χ0n) is 11.3. The summed E-state index contributed by atoms with van der Waals surface area (Å²) in [6.07, 6.45) is 0. The molecular weight excluding hydrogens is 284 g/mol. The Morgan fingerprint density at radius 1 is 1.42 bits per heavy atom. The number of nitrogens with two attached hydrogens (primary N) is 1. The van der Waals surface area contributed by atoms with E-state index in [1.165, 1.54) is 6.07 Å². The van der Waals surface area contributed by atoms with Crippen molar-refractivity contribution >= 4 is 34.0 Å². The molecule has 0 spiro atoms. The van der Waals surface area contributed by atoms with Crippen molar-refractivity contribution in [3.8, 4) is 0 Å². The van der Waals surface area contributed by atoms with Crippen molar-refractivity contribution in [2.45, 2.75) is 31.7 Å². The summed E-state index contributed by atoms with van der Waals surface area (Å²) >= 11 is 5.77. The molecule has 0 aliphatic heterocycles. The molecule has 106 valence electrons. The number of hydrogen-bond acceptors (Lipinski definition) is 3. The van der Waals surface area contributed by atoms with Gasteiger partial charge in [0.2, 0.25) is 5.91 Å². The number of nitrogens with one attached hydrogen (secondary N) is 1. The van der Waals surface area contributed by atoms with Crippen molar-refractivity contribution in [3.05, 3.63) is 23.2 Å². The van der Waals surface area contributed by atoms with Crippen molar-refractivity contribution in [1.29, 1.82) is 0 Å². The molecule has 6 heteroatoms. The first-order valence-corrected chi connectivity index (χ1v) is 7.73. The molecule has 4 nitrogen and oxygen atoms in total. The third kappa shape index (κ3) is 4.84. The number of hydrogen-bond donors (Lipinski definition) is 2. The summed E-state index contributed by atoms with van der Waals surface area (Å²) in [4.78, 5) is 12.2. The predicted molar refractivity (Wildman–Crippen MR) is 79.6 cm³/mol. The molecule has 0 saturated heterocycles. The van der Waals surface area contributed by atoms with Gasteiger partial charge in [-0.3, -0.25) is 9.00 Å². The second-order valence-electron chi connectivity index (χ2n) is 4.77. The topological polar surface area (TPSA) is 72.2 Å². The second-order valence-corrected chi connectivity index (χ2v) is 6.63. The Balaban J connectivity index is 2.67. The van der Waals surface area contributed by atoms with Gasteiger partial charge in [0.25, 0.3) is 0 Å². The zero-order chi connectivity index (χ0) is 14.6. The molecule has 19 heavy (non-hydrogen) atoms. The summed E-state index contributed by atoms with van der Waals surface area (Å²) < 4.78 is 12.1. The number of nitrogen functional groups attached to an aromatic ring is 1. The average molecular weight is 303 g/mol. The summed E-state index contributed by atoms with van der Waals surface area (Å²) in [6, 6.07) is 4.78. The van der Waals surface area contributed by atoms with Crippen LogP contribution in [0.4, 0.5) is 5.69 Å². The van der Waals surface area contributed by atoms with E-state index in [0.717, 1.165) is 0 Å². The molecule has 1 rings (SSSR count). The molecule has 0 aromatic heterocycles. The van der Waals surface area contributed by atoms with E-state index in [9.17, 15) is 9.00 Å². The number of carbonyl (C=O) groups excluding carboxylic acids is 1. The third-order valence-electron chi connectivity index (χ3n) is 2.87. The first kappa shape index (κ1) is 16.0. The Morgan fingerprint density at radius 3 is 2.58 bits per heavy atom. The van der Waals surface area contributed by atoms with Gasteiger partial charge >= 0.3 is 0 Å². The highest BCUT2D eigenvalue weighted by Gasteiger charge is 2.16. The van der Waals surface area contributed by atoms with Gasteiger partial charge in [-0.25, -0.2) is 0 Å². The van der Waals surface area contributed by atoms with Crippen molar-refractivity contribution in [3.63, 3.8) is 0 Å². The zero-order valence-corrected chi connectivity index (χ0v) is 12.8. The van der Waals surface area contributed by atoms with Crippen LogP contribution in [-0.2, 0) is 15.6 Å². The monoisotopic (exact) mass is 302 g/mol. The second kappa shape index (κ2) is 6.91. The number of benzene rings is 1. The van der Waals surface area contributed by atoms with Crippen LogP contribution in [0, 0.1) is 5.92 Å². The van der Waals surface area contributed by atoms with E-state index in [4.69, 9.17) is 17.3 Å². The fourth-order valence-electron chi connectivity index (χ4n) is 1.39. The van der Waals surface area contributed by atoms with Crippen LogP contribution in [-0.4, -0.2) is 21.9 Å². The SMILES string of the molecule is CC(C)C(C)NC(=O)CS(=O)c1ccc(Cl)cc1N. The van der Waals surface area contributed by atoms with Crippen LogP contribution in [0.1, 0.15) is 20.8 Å². The first-order valence-electron chi connectivity index (χ1n) is 6.04. The fourth-order valence-corrected chi connectivity index (χ4v) is 2.58. The van der Waals surface area contributed by atoms with Crippen LogP contribution in [0.2, 0.25) is 5.02 Å². The van der Waals surface area contributed by atoms with Gasteiger partial charge in [0.15, 0.2) is 0 Å². The summed E-state index contributed by atoms with van der Waals surface area (Å²) in [5.74, 6) is -0.00466. The smallest absolute Gasteiger partial charge is 0.233 e. The molecule has 2 unspecified atom stereocenters. The van der Waals surface area contributed by atoms with Crippen LogP contribution in [0.3, 0.4) is 0 Å². The number of carbonyl (C=O) groups is 1. The standard InChI is InChI=1S/C13H19ClN2O2S/c1-8(2)9(3)16-13(17)7-19(18)12-5-4-10(14)6-11(12)15/h4-6,8-9H,7,15H2,1-3H3,(H,16,17). The summed E-state index contributed by atoms with van der Waals surface area (Å²) in [5.41, 5.74) is 6.08. The van der Waals surface area contributed by atoms with Crippen LogP contribution < -0.4 is 11.1 Å². The van der Waals surface area contributed by atoms with E-state index in [-0.39, 0.29) is 17.7 Å². The molecular formula is C13H19ClN2O2S. The lowest BCUT2D eigenvalue weighted by atomic mass is 10.1. The van der Waals surface area contributed by atoms with Crippen LogP contribution in [0.5, 0.6) is 0 Å². The van der Waals surface area contributed by atoms with Gasteiger partial charge in [0.05, 0.1) is 15.7 Å². The van der Waals surface area contributed by atoms with Gasteiger partial charge in [-0.2, -0.15) is 0 Å². The van der Waals surface area contributed by atoms with Gasteiger partial charge < -0.3 is 11.1 Å². The number of anilines is 1. The van der Waals surface area contributed by atoms with Crippen molar-refractivity contribution in [2.75, 3.05) is 11.5 Å². The lowest BCUT2D eigenvalue weighted by Crippen LogP contribution is -2.38. The van der Waals surface area contributed by atoms with E-state index in [2.05, 4.69) is 5.32 Å². The largest absolute Gasteiger partial charge is 0.398 e. The van der Waals surface area contributed by atoms with Crippen LogP contribution in [0.15, 0.2) is 23.1 Å². The van der Waals surface area contributed by atoms with E-state index in [1.54, 1.807) is 12.1 Å². The summed E-state index contributed by atoms with van der Waals surface area (Å²) in [6.45, 7) is 5.94. The molecule has 1 amide bonds.